The van der Waals surface area contributed by atoms with Crippen LogP contribution in [0.3, 0.4) is 0 Å². The van der Waals surface area contributed by atoms with Crippen LogP contribution >= 0.6 is 0 Å². The van der Waals surface area contributed by atoms with Crippen LogP contribution in [0.1, 0.15) is 35.3 Å². The van der Waals surface area contributed by atoms with E-state index in [1.54, 1.807) is 26.3 Å². The van der Waals surface area contributed by atoms with Crippen molar-refractivity contribution in [2.45, 2.75) is 25.2 Å². The standard InChI is InChI=1S/C27H26N2O5/c1-18(30)19-8-10-21(11-9-19)27(26(2)32-14-15-33-26,22-12-13-24(31-3)28-17-22)29-25-16-20-6-4-5-7-23(20)34-25/h4-13,16-17,29H,14-15H2,1-3H3. The van der Waals surface area contributed by atoms with E-state index < -0.39 is 11.3 Å². The number of nitrogens with one attached hydrogen (secondary N) is 1. The lowest BCUT2D eigenvalue weighted by Crippen LogP contribution is -2.56. The number of ketones is 1. The van der Waals surface area contributed by atoms with Crippen LogP contribution in [0.4, 0.5) is 5.88 Å². The van der Waals surface area contributed by atoms with Crippen LogP contribution in [0.2, 0.25) is 0 Å². The van der Waals surface area contributed by atoms with Gasteiger partial charge < -0.3 is 23.9 Å². The number of methoxy groups -OCH3 is 1. The average molecular weight is 459 g/mol. The third kappa shape index (κ3) is 3.63. The lowest BCUT2D eigenvalue weighted by atomic mass is 9.76. The predicted molar refractivity (Wildman–Crippen MR) is 128 cm³/mol. The van der Waals surface area contributed by atoms with Crippen molar-refractivity contribution in [3.63, 3.8) is 0 Å². The Kier molecular flexibility index (Phi) is 5.59. The van der Waals surface area contributed by atoms with E-state index in [1.165, 1.54) is 0 Å². The fourth-order valence-corrected chi connectivity index (χ4v) is 4.59. The molecular weight excluding hydrogens is 432 g/mol. The highest BCUT2D eigenvalue weighted by atomic mass is 16.7. The molecule has 0 radical (unpaired) electrons. The maximum Gasteiger partial charge on any atom is 0.212 e. The van der Waals surface area contributed by atoms with E-state index in [2.05, 4.69) is 10.3 Å². The van der Waals surface area contributed by atoms with Gasteiger partial charge in [0.1, 0.15) is 11.1 Å². The van der Waals surface area contributed by atoms with Crippen molar-refractivity contribution < 1.29 is 23.4 Å². The number of ether oxygens (including phenoxy) is 3. The first-order valence-electron chi connectivity index (χ1n) is 11.1. The van der Waals surface area contributed by atoms with Crippen LogP contribution in [0.15, 0.2) is 77.3 Å². The molecule has 0 spiro atoms. The van der Waals surface area contributed by atoms with Gasteiger partial charge in [-0.2, -0.15) is 0 Å². The fraction of sp³-hybridized carbons (Fsp3) is 0.259. The van der Waals surface area contributed by atoms with Crippen molar-refractivity contribution in [3.8, 4) is 5.88 Å². The smallest absolute Gasteiger partial charge is 0.212 e. The number of Topliss-reactive ketones (excluding diaryl/α,β-unsaturated/α-hetero) is 1. The van der Waals surface area contributed by atoms with Gasteiger partial charge >= 0.3 is 0 Å². The van der Waals surface area contributed by atoms with Crippen LogP contribution in [0.25, 0.3) is 11.0 Å². The molecule has 2 aromatic carbocycles. The van der Waals surface area contributed by atoms with Gasteiger partial charge in [0, 0.05) is 34.8 Å². The predicted octanol–water partition coefficient (Wildman–Crippen LogP) is 5.16. The summed E-state index contributed by atoms with van der Waals surface area (Å²) in [5.41, 5.74) is 1.93. The Morgan fingerprint density at radius 3 is 2.35 bits per heavy atom. The van der Waals surface area contributed by atoms with Crippen LogP contribution in [0, 0.1) is 0 Å². The summed E-state index contributed by atoms with van der Waals surface area (Å²) in [6, 6.07) is 20.9. The molecule has 1 N–H and O–H groups in total. The second-order valence-corrected chi connectivity index (χ2v) is 8.39. The number of hydrogen-bond donors (Lipinski definition) is 1. The van der Waals surface area contributed by atoms with E-state index in [-0.39, 0.29) is 5.78 Å². The molecule has 1 fully saturated rings. The summed E-state index contributed by atoms with van der Waals surface area (Å²) in [4.78, 5) is 16.4. The summed E-state index contributed by atoms with van der Waals surface area (Å²) in [6.45, 7) is 4.33. The molecule has 4 aromatic rings. The van der Waals surface area contributed by atoms with Crippen LogP contribution in [-0.2, 0) is 15.0 Å². The van der Waals surface area contributed by atoms with Crippen molar-refractivity contribution in [2.24, 2.45) is 0 Å². The lowest BCUT2D eigenvalue weighted by molar-refractivity contribution is -0.178. The van der Waals surface area contributed by atoms with E-state index in [0.29, 0.717) is 30.5 Å². The molecule has 0 aliphatic carbocycles. The molecule has 1 atom stereocenters. The number of furan rings is 1. The zero-order valence-electron chi connectivity index (χ0n) is 19.3. The van der Waals surface area contributed by atoms with Gasteiger partial charge in [-0.1, -0.05) is 42.5 Å². The van der Waals surface area contributed by atoms with Crippen molar-refractivity contribution in [2.75, 3.05) is 25.6 Å². The Bertz CT molecular complexity index is 1270. The third-order valence-electron chi connectivity index (χ3n) is 6.36. The maximum absolute atomic E-state index is 12.0. The average Bonchev–Trinajstić information content (AvgIpc) is 3.49. The number of fused-ring (bicyclic) bond motifs is 1. The molecule has 174 valence electrons. The number of nitrogens with zero attached hydrogens (tertiary/aromatic N) is 1. The summed E-state index contributed by atoms with van der Waals surface area (Å²) in [7, 11) is 1.58. The largest absolute Gasteiger partial charge is 0.481 e. The van der Waals surface area contributed by atoms with E-state index in [0.717, 1.165) is 22.1 Å². The van der Waals surface area contributed by atoms with E-state index in [1.807, 2.05) is 67.6 Å². The van der Waals surface area contributed by atoms with Crippen LogP contribution < -0.4 is 10.1 Å². The highest BCUT2D eigenvalue weighted by Gasteiger charge is 2.56. The number of carbonyl (C=O) groups is 1. The Balaban J connectivity index is 1.74. The van der Waals surface area contributed by atoms with Gasteiger partial charge in [-0.05, 0) is 31.5 Å². The first-order chi connectivity index (χ1) is 16.4. The van der Waals surface area contributed by atoms with Gasteiger partial charge in [-0.25, -0.2) is 4.98 Å². The van der Waals surface area contributed by atoms with Crippen molar-refractivity contribution in [1.29, 1.82) is 0 Å². The molecule has 7 heteroatoms. The number of aromatic nitrogens is 1. The van der Waals surface area contributed by atoms with Gasteiger partial charge in [-0.3, -0.25) is 4.79 Å². The van der Waals surface area contributed by atoms with Crippen LogP contribution in [-0.4, -0.2) is 36.9 Å². The van der Waals surface area contributed by atoms with Crippen LogP contribution in [0.5, 0.6) is 5.88 Å². The molecule has 3 heterocycles. The molecule has 0 amide bonds. The van der Waals surface area contributed by atoms with Gasteiger partial charge in [0.25, 0.3) is 0 Å². The molecule has 7 nitrogen and oxygen atoms in total. The molecule has 0 bridgehead atoms. The lowest BCUT2D eigenvalue weighted by Gasteiger charge is -2.45. The van der Waals surface area contributed by atoms with E-state index in [9.17, 15) is 4.79 Å². The van der Waals surface area contributed by atoms with Gasteiger partial charge in [0.2, 0.25) is 5.88 Å². The topological polar surface area (TPSA) is 82.8 Å². The molecule has 1 saturated heterocycles. The number of hydrogen-bond acceptors (Lipinski definition) is 7. The number of pyridine rings is 1. The Morgan fingerprint density at radius 2 is 1.74 bits per heavy atom. The third-order valence-corrected chi connectivity index (χ3v) is 6.36. The molecule has 1 aliphatic rings. The summed E-state index contributed by atoms with van der Waals surface area (Å²) in [6.07, 6.45) is 1.74. The zero-order valence-corrected chi connectivity index (χ0v) is 19.3. The van der Waals surface area contributed by atoms with E-state index >= 15 is 0 Å². The number of para-hydroxylation sites is 1. The molecule has 2 aromatic heterocycles. The molecule has 34 heavy (non-hydrogen) atoms. The highest BCUT2D eigenvalue weighted by molar-refractivity contribution is 5.94. The zero-order chi connectivity index (χ0) is 23.8. The minimum atomic E-state index is -1.11. The Hall–Kier alpha value is -3.68. The molecule has 1 aliphatic heterocycles. The summed E-state index contributed by atoms with van der Waals surface area (Å²) in [5, 5.41) is 4.57. The Labute approximate surface area is 197 Å². The first kappa shape index (κ1) is 22.1. The summed E-state index contributed by atoms with van der Waals surface area (Å²) in [5.74, 6) is -0.0761. The number of carbonyl (C=O) groups excluding carboxylic acids is 1. The second kappa shape index (κ2) is 8.59. The molecule has 5 rings (SSSR count). The number of rotatable bonds is 7. The maximum atomic E-state index is 12.0. The second-order valence-electron chi connectivity index (χ2n) is 8.39. The molecule has 0 saturated carbocycles. The number of anilines is 1. The quantitative estimate of drug-likeness (QED) is 0.383. The van der Waals surface area contributed by atoms with Crippen molar-refractivity contribution in [3.05, 3.63) is 89.6 Å². The van der Waals surface area contributed by atoms with E-state index in [4.69, 9.17) is 18.6 Å². The monoisotopic (exact) mass is 458 g/mol. The summed E-state index contributed by atoms with van der Waals surface area (Å²) < 4.78 is 23.9. The first-order valence-corrected chi connectivity index (χ1v) is 11.1. The fourth-order valence-electron chi connectivity index (χ4n) is 4.59. The van der Waals surface area contributed by atoms with Gasteiger partial charge in [-0.15, -0.1) is 0 Å². The number of benzene rings is 2. The molecule has 1 unspecified atom stereocenters. The van der Waals surface area contributed by atoms with Gasteiger partial charge in [0.05, 0.1) is 20.3 Å². The minimum Gasteiger partial charge on any atom is -0.481 e. The minimum absolute atomic E-state index is 0.00640. The summed E-state index contributed by atoms with van der Waals surface area (Å²) >= 11 is 0. The van der Waals surface area contributed by atoms with Crippen molar-refractivity contribution >= 4 is 22.6 Å². The van der Waals surface area contributed by atoms with Crippen molar-refractivity contribution in [1.82, 2.24) is 4.98 Å². The van der Waals surface area contributed by atoms with Gasteiger partial charge in [0.15, 0.2) is 17.5 Å². The SMILES string of the molecule is COc1ccc(C(Nc2cc3ccccc3o2)(c2ccc(C(C)=O)cc2)C2(C)OCCO2)cn1. The normalized spacial score (nSPS) is 16.8. The molecular formula is C27H26N2O5. The highest BCUT2D eigenvalue weighted by Crippen LogP contribution is 2.47. The Morgan fingerprint density at radius 1 is 1.03 bits per heavy atom.